The minimum atomic E-state index is -0.791. The van der Waals surface area contributed by atoms with Gasteiger partial charge in [0.05, 0.1) is 21.5 Å². The highest BCUT2D eigenvalue weighted by atomic mass is 35.5. The van der Waals surface area contributed by atoms with Gasteiger partial charge in [-0.15, -0.1) is 0 Å². The normalized spacial score (nSPS) is 10.1. The van der Waals surface area contributed by atoms with Crippen LogP contribution in [0.4, 0.5) is 11.4 Å². The Morgan fingerprint density at radius 2 is 1.65 bits per heavy atom. The molecule has 0 atom stereocenters. The fraction of sp³-hybridized carbons (Fsp3) is 0.0714. The maximum atomic E-state index is 12.1. The third kappa shape index (κ3) is 4.24. The predicted octanol–water partition coefficient (Wildman–Crippen LogP) is 3.09. The van der Waals surface area contributed by atoms with E-state index in [-0.39, 0.29) is 12.1 Å². The number of nitrogens with one attached hydrogen (secondary N) is 1. The number of halogens is 1. The van der Waals surface area contributed by atoms with E-state index in [0.29, 0.717) is 5.02 Å². The zero-order chi connectivity index (χ0) is 17.0. The molecule has 118 valence electrons. The van der Waals surface area contributed by atoms with Crippen LogP contribution in [0, 0.1) is 20.2 Å². The van der Waals surface area contributed by atoms with Crippen molar-refractivity contribution < 1.29 is 14.6 Å². The molecule has 23 heavy (non-hydrogen) atoms. The number of amides is 1. The van der Waals surface area contributed by atoms with E-state index in [9.17, 15) is 25.0 Å². The van der Waals surface area contributed by atoms with E-state index in [2.05, 4.69) is 5.32 Å². The van der Waals surface area contributed by atoms with Gasteiger partial charge in [-0.05, 0) is 17.7 Å². The molecule has 1 N–H and O–H groups in total. The zero-order valence-electron chi connectivity index (χ0n) is 11.6. The van der Waals surface area contributed by atoms with Gasteiger partial charge in [0, 0.05) is 23.7 Å². The minimum Gasteiger partial charge on any atom is -0.348 e. The van der Waals surface area contributed by atoms with Crippen molar-refractivity contribution in [1.82, 2.24) is 5.32 Å². The number of hydrogen-bond donors (Lipinski definition) is 1. The summed E-state index contributed by atoms with van der Waals surface area (Å²) in [5.74, 6) is -0.656. The lowest BCUT2D eigenvalue weighted by molar-refractivity contribution is -0.394. The summed E-state index contributed by atoms with van der Waals surface area (Å²) >= 11 is 5.83. The molecule has 9 heteroatoms. The van der Waals surface area contributed by atoms with Crippen molar-refractivity contribution in [2.75, 3.05) is 0 Å². The van der Waals surface area contributed by atoms with Gasteiger partial charge in [0.1, 0.15) is 0 Å². The first-order chi connectivity index (χ1) is 10.9. The van der Waals surface area contributed by atoms with Gasteiger partial charge < -0.3 is 5.32 Å². The van der Waals surface area contributed by atoms with Crippen LogP contribution in [-0.2, 0) is 6.54 Å². The Morgan fingerprint density at radius 1 is 1.04 bits per heavy atom. The SMILES string of the molecule is O=C(NCc1cccc(Cl)c1)c1cc([N+](=O)[O-])cc([N+](=O)[O-])c1. The van der Waals surface area contributed by atoms with Gasteiger partial charge in [-0.25, -0.2) is 0 Å². The largest absolute Gasteiger partial charge is 0.348 e. The van der Waals surface area contributed by atoms with Crippen LogP contribution < -0.4 is 5.32 Å². The van der Waals surface area contributed by atoms with Gasteiger partial charge in [-0.3, -0.25) is 25.0 Å². The topological polar surface area (TPSA) is 115 Å². The molecule has 2 aromatic rings. The van der Waals surface area contributed by atoms with Crippen LogP contribution in [0.15, 0.2) is 42.5 Å². The molecule has 8 nitrogen and oxygen atoms in total. The molecule has 0 bridgehead atoms. The second kappa shape index (κ2) is 6.84. The first-order valence-corrected chi connectivity index (χ1v) is 6.71. The summed E-state index contributed by atoms with van der Waals surface area (Å²) in [5, 5.41) is 24.6. The van der Waals surface area contributed by atoms with E-state index in [0.717, 1.165) is 23.8 Å². The summed E-state index contributed by atoms with van der Waals surface area (Å²) in [6.07, 6.45) is 0. The summed E-state index contributed by atoms with van der Waals surface area (Å²) in [6.45, 7) is 0.135. The number of rotatable bonds is 5. The molecular weight excluding hydrogens is 326 g/mol. The average molecular weight is 336 g/mol. The third-order valence-electron chi connectivity index (χ3n) is 2.93. The minimum absolute atomic E-state index is 0.135. The molecular formula is C14H10ClN3O5. The Kier molecular flexibility index (Phi) is 4.87. The highest BCUT2D eigenvalue weighted by Crippen LogP contribution is 2.22. The van der Waals surface area contributed by atoms with Crippen molar-refractivity contribution >= 4 is 28.9 Å². The fourth-order valence-electron chi connectivity index (χ4n) is 1.87. The first kappa shape index (κ1) is 16.4. The highest BCUT2D eigenvalue weighted by Gasteiger charge is 2.19. The second-order valence-electron chi connectivity index (χ2n) is 4.56. The Hall–Kier alpha value is -3.00. The van der Waals surface area contributed by atoms with Crippen LogP contribution in [0.25, 0.3) is 0 Å². The summed E-state index contributed by atoms with van der Waals surface area (Å²) < 4.78 is 0. The van der Waals surface area contributed by atoms with E-state index in [1.807, 2.05) is 0 Å². The van der Waals surface area contributed by atoms with Crippen LogP contribution >= 0.6 is 11.6 Å². The van der Waals surface area contributed by atoms with Crippen molar-refractivity contribution in [3.05, 3.63) is 78.8 Å². The lowest BCUT2D eigenvalue weighted by Gasteiger charge is -2.06. The van der Waals surface area contributed by atoms with Crippen LogP contribution in [-0.4, -0.2) is 15.8 Å². The summed E-state index contributed by atoms with van der Waals surface area (Å²) in [4.78, 5) is 32.1. The lowest BCUT2D eigenvalue weighted by Crippen LogP contribution is -2.23. The molecule has 1 amide bonds. The molecule has 0 unspecified atom stereocenters. The molecule has 0 fully saturated rings. The number of non-ortho nitro benzene ring substituents is 2. The number of benzene rings is 2. The maximum Gasteiger partial charge on any atom is 0.277 e. The molecule has 2 aromatic carbocycles. The maximum absolute atomic E-state index is 12.1. The molecule has 0 aliphatic rings. The van der Waals surface area contributed by atoms with Crippen LogP contribution in [0.1, 0.15) is 15.9 Å². The Bertz CT molecular complexity index is 761. The Labute approximate surface area is 135 Å². The van der Waals surface area contributed by atoms with Crippen molar-refractivity contribution in [2.24, 2.45) is 0 Å². The lowest BCUT2D eigenvalue weighted by atomic mass is 10.1. The van der Waals surface area contributed by atoms with Crippen LogP contribution in [0.5, 0.6) is 0 Å². The first-order valence-electron chi connectivity index (χ1n) is 6.33. The zero-order valence-corrected chi connectivity index (χ0v) is 12.3. The van der Waals surface area contributed by atoms with E-state index in [1.165, 1.54) is 0 Å². The van der Waals surface area contributed by atoms with E-state index in [4.69, 9.17) is 11.6 Å². The molecule has 0 aromatic heterocycles. The third-order valence-corrected chi connectivity index (χ3v) is 3.16. The van der Waals surface area contributed by atoms with Crippen molar-refractivity contribution in [2.45, 2.75) is 6.54 Å². The molecule has 0 spiro atoms. The van der Waals surface area contributed by atoms with Crippen molar-refractivity contribution in [3.8, 4) is 0 Å². The summed E-state index contributed by atoms with van der Waals surface area (Å²) in [7, 11) is 0. The Balaban J connectivity index is 2.21. The molecule has 0 aliphatic heterocycles. The predicted molar refractivity (Wildman–Crippen MR) is 82.4 cm³/mol. The smallest absolute Gasteiger partial charge is 0.277 e. The van der Waals surface area contributed by atoms with Gasteiger partial charge in [-0.2, -0.15) is 0 Å². The number of carbonyl (C=O) groups is 1. The molecule has 0 aliphatic carbocycles. The monoisotopic (exact) mass is 335 g/mol. The standard InChI is InChI=1S/C14H10ClN3O5/c15-11-3-1-2-9(4-11)8-16-14(19)10-5-12(17(20)21)7-13(6-10)18(22)23/h1-7H,8H2,(H,16,19). The van der Waals surface area contributed by atoms with Crippen molar-refractivity contribution in [3.63, 3.8) is 0 Å². The van der Waals surface area contributed by atoms with Gasteiger partial charge in [0.2, 0.25) is 0 Å². The van der Waals surface area contributed by atoms with E-state index >= 15 is 0 Å². The second-order valence-corrected chi connectivity index (χ2v) is 5.00. The number of hydrogen-bond acceptors (Lipinski definition) is 5. The van der Waals surface area contributed by atoms with E-state index in [1.54, 1.807) is 24.3 Å². The van der Waals surface area contributed by atoms with Crippen molar-refractivity contribution in [1.29, 1.82) is 0 Å². The average Bonchev–Trinajstić information content (AvgIpc) is 2.52. The van der Waals surface area contributed by atoms with Gasteiger partial charge in [-0.1, -0.05) is 23.7 Å². The van der Waals surface area contributed by atoms with Crippen LogP contribution in [0.3, 0.4) is 0 Å². The Morgan fingerprint density at radius 3 is 2.17 bits per heavy atom. The molecule has 0 radical (unpaired) electrons. The van der Waals surface area contributed by atoms with E-state index < -0.39 is 27.1 Å². The van der Waals surface area contributed by atoms with Gasteiger partial charge in [0.25, 0.3) is 17.3 Å². The molecule has 0 saturated carbocycles. The number of nitrogens with zero attached hydrogens (tertiary/aromatic N) is 2. The molecule has 0 heterocycles. The van der Waals surface area contributed by atoms with Gasteiger partial charge >= 0.3 is 0 Å². The van der Waals surface area contributed by atoms with Crippen LogP contribution in [0.2, 0.25) is 5.02 Å². The quantitative estimate of drug-likeness (QED) is 0.665. The highest BCUT2D eigenvalue weighted by molar-refractivity contribution is 6.30. The summed E-state index contributed by atoms with van der Waals surface area (Å²) in [5.41, 5.74) is -0.474. The molecule has 2 rings (SSSR count). The number of nitro benzene ring substituents is 2. The molecule has 0 saturated heterocycles. The van der Waals surface area contributed by atoms with Gasteiger partial charge in [0.15, 0.2) is 0 Å². The number of nitro groups is 2. The summed E-state index contributed by atoms with van der Waals surface area (Å²) in [6, 6.07) is 9.55. The fourth-order valence-corrected chi connectivity index (χ4v) is 2.08. The number of carbonyl (C=O) groups excluding carboxylic acids is 1.